The number of rotatable bonds is 3. The fourth-order valence-electron chi connectivity index (χ4n) is 3.07. The smallest absolute Gasteiger partial charge is 0.222 e. The van der Waals surface area contributed by atoms with Gasteiger partial charge in [-0.2, -0.15) is 10.4 Å². The van der Waals surface area contributed by atoms with Crippen LogP contribution in [0.25, 0.3) is 5.69 Å². The molecular weight excluding hydrogens is 338 g/mol. The third-order valence-electron chi connectivity index (χ3n) is 4.19. The van der Waals surface area contributed by atoms with Crippen molar-refractivity contribution in [3.63, 3.8) is 0 Å². The highest BCUT2D eigenvalue weighted by molar-refractivity contribution is 6.30. The zero-order valence-electron chi connectivity index (χ0n) is 13.4. The molecular formula is C17H14ClN7. The third-order valence-corrected chi connectivity index (χ3v) is 4.40. The Hall–Kier alpha value is -2.98. The van der Waals surface area contributed by atoms with Crippen LogP contribution in [0.5, 0.6) is 0 Å². The largest absolute Gasteiger partial charge is 0.351 e. The number of fused-ring (bicyclic) bond motifs is 1. The first kappa shape index (κ1) is 15.5. The summed E-state index contributed by atoms with van der Waals surface area (Å²) in [4.78, 5) is 12.8. The minimum Gasteiger partial charge on any atom is -0.351 e. The second-order valence-electron chi connectivity index (χ2n) is 5.95. The lowest BCUT2D eigenvalue weighted by atomic mass is 10.0. The van der Waals surface area contributed by atoms with Gasteiger partial charge in [0.25, 0.3) is 0 Å². The van der Waals surface area contributed by atoms with E-state index in [9.17, 15) is 5.26 Å². The van der Waals surface area contributed by atoms with Crippen LogP contribution in [0.15, 0.2) is 30.9 Å². The van der Waals surface area contributed by atoms with Gasteiger partial charge in [-0.15, -0.1) is 0 Å². The van der Waals surface area contributed by atoms with E-state index in [4.69, 9.17) is 11.6 Å². The molecule has 1 aromatic carbocycles. The number of aromatic nitrogens is 5. The van der Waals surface area contributed by atoms with Crippen molar-refractivity contribution >= 4 is 17.5 Å². The first-order chi connectivity index (χ1) is 12.1. The van der Waals surface area contributed by atoms with Crippen LogP contribution in [0.3, 0.4) is 0 Å². The summed E-state index contributed by atoms with van der Waals surface area (Å²) in [5.41, 5.74) is 3.55. The Morgan fingerprint density at radius 2 is 2.04 bits per heavy atom. The van der Waals surface area contributed by atoms with E-state index in [0.29, 0.717) is 22.4 Å². The number of hydrogen-bond acceptors (Lipinski definition) is 6. The molecule has 0 bridgehead atoms. The standard InChI is InChI=1S/C17H14ClN7/c1-10-22-9-25(24-10)15-7-20-17(21-8-15)23-14-4-11-2-13(18)3-12(6-19)16(11)5-14/h2-3,7-9,14H,4-5H2,1H3,(H,20,21,23)/t14-/m0/s1. The Labute approximate surface area is 149 Å². The monoisotopic (exact) mass is 351 g/mol. The SMILES string of the molecule is Cc1ncn(-c2cnc(N[C@H]3Cc4cc(Cl)cc(C#N)c4C3)nc2)n1. The van der Waals surface area contributed by atoms with Gasteiger partial charge in [-0.05, 0) is 43.0 Å². The maximum absolute atomic E-state index is 9.28. The maximum Gasteiger partial charge on any atom is 0.222 e. The molecule has 0 aliphatic heterocycles. The molecule has 0 saturated heterocycles. The van der Waals surface area contributed by atoms with E-state index in [1.807, 2.05) is 13.0 Å². The van der Waals surface area contributed by atoms with Gasteiger partial charge >= 0.3 is 0 Å². The van der Waals surface area contributed by atoms with Crippen LogP contribution < -0.4 is 5.32 Å². The molecule has 124 valence electrons. The van der Waals surface area contributed by atoms with E-state index in [1.165, 1.54) is 0 Å². The molecule has 25 heavy (non-hydrogen) atoms. The summed E-state index contributed by atoms with van der Waals surface area (Å²) < 4.78 is 1.63. The van der Waals surface area contributed by atoms with Gasteiger partial charge in [0, 0.05) is 11.1 Å². The second kappa shape index (κ2) is 6.15. The van der Waals surface area contributed by atoms with Crippen molar-refractivity contribution in [3.05, 3.63) is 58.4 Å². The fraction of sp³-hybridized carbons (Fsp3) is 0.235. The zero-order valence-corrected chi connectivity index (χ0v) is 14.2. The lowest BCUT2D eigenvalue weighted by molar-refractivity contribution is 0.759. The molecule has 1 aliphatic carbocycles. The van der Waals surface area contributed by atoms with Gasteiger partial charge in [0.15, 0.2) is 0 Å². The number of nitriles is 1. The molecule has 0 unspecified atom stereocenters. The topological polar surface area (TPSA) is 92.3 Å². The summed E-state index contributed by atoms with van der Waals surface area (Å²) in [6, 6.07) is 6.00. The quantitative estimate of drug-likeness (QED) is 0.779. The number of anilines is 1. The van der Waals surface area contributed by atoms with E-state index in [2.05, 4.69) is 31.4 Å². The molecule has 0 radical (unpaired) electrons. The Morgan fingerprint density at radius 1 is 1.24 bits per heavy atom. The number of halogens is 1. The van der Waals surface area contributed by atoms with Crippen LogP contribution in [0.4, 0.5) is 5.95 Å². The summed E-state index contributed by atoms with van der Waals surface area (Å²) in [6.45, 7) is 1.83. The Kier molecular flexibility index (Phi) is 3.82. The van der Waals surface area contributed by atoms with Crippen molar-refractivity contribution in [2.75, 3.05) is 5.32 Å². The first-order valence-corrected chi connectivity index (χ1v) is 8.19. The van der Waals surface area contributed by atoms with E-state index >= 15 is 0 Å². The van der Waals surface area contributed by atoms with Crippen molar-refractivity contribution in [2.24, 2.45) is 0 Å². The summed E-state index contributed by atoms with van der Waals surface area (Å²) in [5, 5.41) is 17.4. The summed E-state index contributed by atoms with van der Waals surface area (Å²) in [7, 11) is 0. The third kappa shape index (κ3) is 3.04. The zero-order chi connectivity index (χ0) is 17.4. The molecule has 0 saturated carbocycles. The van der Waals surface area contributed by atoms with Crippen LogP contribution in [0, 0.1) is 18.3 Å². The summed E-state index contributed by atoms with van der Waals surface area (Å²) >= 11 is 6.08. The molecule has 4 rings (SSSR count). The van der Waals surface area contributed by atoms with Crippen molar-refractivity contribution in [1.29, 1.82) is 5.26 Å². The van der Waals surface area contributed by atoms with Crippen LogP contribution in [0.1, 0.15) is 22.5 Å². The highest BCUT2D eigenvalue weighted by Gasteiger charge is 2.25. The Balaban J connectivity index is 1.49. The Morgan fingerprint density at radius 3 is 2.72 bits per heavy atom. The van der Waals surface area contributed by atoms with Gasteiger partial charge in [0.05, 0.1) is 24.0 Å². The van der Waals surface area contributed by atoms with Crippen LogP contribution in [-0.4, -0.2) is 30.8 Å². The highest BCUT2D eigenvalue weighted by atomic mass is 35.5. The predicted octanol–water partition coefficient (Wildman–Crippen LogP) is 2.47. The highest BCUT2D eigenvalue weighted by Crippen LogP contribution is 2.30. The lowest BCUT2D eigenvalue weighted by Gasteiger charge is -2.11. The summed E-state index contributed by atoms with van der Waals surface area (Å²) in [5.74, 6) is 1.24. The van der Waals surface area contributed by atoms with Gasteiger partial charge < -0.3 is 5.32 Å². The minimum atomic E-state index is 0.139. The van der Waals surface area contributed by atoms with E-state index < -0.39 is 0 Å². The van der Waals surface area contributed by atoms with Crippen molar-refractivity contribution < 1.29 is 0 Å². The molecule has 2 aromatic heterocycles. The van der Waals surface area contributed by atoms with Crippen LogP contribution in [-0.2, 0) is 12.8 Å². The van der Waals surface area contributed by atoms with Crippen molar-refractivity contribution in [2.45, 2.75) is 25.8 Å². The molecule has 2 heterocycles. The van der Waals surface area contributed by atoms with Gasteiger partial charge in [-0.3, -0.25) is 0 Å². The number of aryl methyl sites for hydroxylation is 1. The van der Waals surface area contributed by atoms with Gasteiger partial charge in [0.2, 0.25) is 5.95 Å². The molecule has 1 atom stereocenters. The molecule has 0 amide bonds. The molecule has 7 nitrogen and oxygen atoms in total. The van der Waals surface area contributed by atoms with Crippen LogP contribution >= 0.6 is 11.6 Å². The Bertz CT molecular complexity index is 972. The average Bonchev–Trinajstić information content (AvgIpc) is 3.20. The number of nitrogens with one attached hydrogen (secondary N) is 1. The lowest BCUT2D eigenvalue weighted by Crippen LogP contribution is -2.21. The minimum absolute atomic E-state index is 0.139. The van der Waals surface area contributed by atoms with Crippen molar-refractivity contribution in [3.8, 4) is 11.8 Å². The van der Waals surface area contributed by atoms with E-state index in [1.54, 1.807) is 29.5 Å². The van der Waals surface area contributed by atoms with Crippen molar-refractivity contribution in [1.82, 2.24) is 24.7 Å². The molecule has 3 aromatic rings. The predicted molar refractivity (Wildman–Crippen MR) is 92.7 cm³/mol. The first-order valence-electron chi connectivity index (χ1n) is 7.81. The van der Waals surface area contributed by atoms with E-state index in [-0.39, 0.29) is 6.04 Å². The molecule has 1 aliphatic rings. The van der Waals surface area contributed by atoms with Gasteiger partial charge in [0.1, 0.15) is 17.8 Å². The molecule has 0 fully saturated rings. The fourth-order valence-corrected chi connectivity index (χ4v) is 3.31. The van der Waals surface area contributed by atoms with Gasteiger partial charge in [-0.25, -0.2) is 19.6 Å². The molecule has 8 heteroatoms. The summed E-state index contributed by atoms with van der Waals surface area (Å²) in [6.07, 6.45) is 6.56. The second-order valence-corrected chi connectivity index (χ2v) is 6.39. The molecule has 1 N–H and O–H groups in total. The maximum atomic E-state index is 9.28. The van der Waals surface area contributed by atoms with Crippen LogP contribution in [0.2, 0.25) is 5.02 Å². The normalized spacial score (nSPS) is 15.6. The number of hydrogen-bond donors (Lipinski definition) is 1. The number of nitrogens with zero attached hydrogens (tertiary/aromatic N) is 6. The van der Waals surface area contributed by atoms with E-state index in [0.717, 1.165) is 29.7 Å². The number of benzene rings is 1. The van der Waals surface area contributed by atoms with Gasteiger partial charge in [-0.1, -0.05) is 11.6 Å². The molecule has 0 spiro atoms. The average molecular weight is 352 g/mol.